The number of aromatic nitrogens is 2. The van der Waals surface area contributed by atoms with Gasteiger partial charge in [0, 0.05) is 30.6 Å². The summed E-state index contributed by atoms with van der Waals surface area (Å²) in [5.41, 5.74) is 1.34. The number of rotatable bonds is 5. The lowest BCUT2D eigenvalue weighted by atomic mass is 10.2. The minimum absolute atomic E-state index is 0.214. The lowest BCUT2D eigenvalue weighted by Crippen LogP contribution is -2.35. The van der Waals surface area contributed by atoms with E-state index < -0.39 is 0 Å². The first-order chi connectivity index (χ1) is 11.7. The van der Waals surface area contributed by atoms with Gasteiger partial charge in [0.1, 0.15) is 5.69 Å². The molecule has 1 aliphatic rings. The van der Waals surface area contributed by atoms with Crippen molar-refractivity contribution in [3.8, 4) is 0 Å². The van der Waals surface area contributed by atoms with Gasteiger partial charge in [-0.15, -0.1) is 11.3 Å². The van der Waals surface area contributed by atoms with Crippen LogP contribution in [-0.4, -0.2) is 46.4 Å². The molecule has 24 heavy (non-hydrogen) atoms. The molecule has 126 valence electrons. The molecule has 3 rings (SSSR count). The zero-order valence-electron chi connectivity index (χ0n) is 13.3. The average Bonchev–Trinajstić information content (AvgIpc) is 2.97. The third-order valence-electron chi connectivity index (χ3n) is 3.59. The molecule has 8 heteroatoms. The number of carbonyl (C=O) groups excluding carboxylic acids is 2. The van der Waals surface area contributed by atoms with Gasteiger partial charge >= 0.3 is 5.97 Å². The number of anilines is 1. The normalized spacial score (nSPS) is 14.0. The van der Waals surface area contributed by atoms with Gasteiger partial charge in [0.15, 0.2) is 5.13 Å². The second-order valence-corrected chi connectivity index (χ2v) is 6.41. The molecule has 0 bridgehead atoms. The van der Waals surface area contributed by atoms with Crippen LogP contribution < -0.4 is 5.32 Å². The van der Waals surface area contributed by atoms with Crippen LogP contribution in [-0.2, 0) is 22.5 Å². The second kappa shape index (κ2) is 7.50. The van der Waals surface area contributed by atoms with Crippen molar-refractivity contribution in [2.75, 3.05) is 25.0 Å². The molecule has 1 N–H and O–H groups in total. The van der Waals surface area contributed by atoms with Crippen LogP contribution in [0, 0.1) is 0 Å². The zero-order chi connectivity index (χ0) is 16.9. The van der Waals surface area contributed by atoms with Crippen molar-refractivity contribution in [3.05, 3.63) is 40.7 Å². The van der Waals surface area contributed by atoms with Gasteiger partial charge in [-0.1, -0.05) is 6.07 Å². The number of hydrogen-bond acceptors (Lipinski definition) is 7. The zero-order valence-corrected chi connectivity index (χ0v) is 14.1. The van der Waals surface area contributed by atoms with Crippen molar-refractivity contribution in [1.82, 2.24) is 14.9 Å². The summed E-state index contributed by atoms with van der Waals surface area (Å²) < 4.78 is 4.98. The fraction of sp³-hybridized carbons (Fsp3) is 0.375. The Balaban J connectivity index is 1.63. The molecular formula is C16H18N4O3S. The van der Waals surface area contributed by atoms with Crippen LogP contribution in [0.4, 0.5) is 5.13 Å². The lowest BCUT2D eigenvalue weighted by Gasteiger charge is -2.24. The van der Waals surface area contributed by atoms with Crippen molar-refractivity contribution < 1.29 is 14.3 Å². The summed E-state index contributed by atoms with van der Waals surface area (Å²) in [5, 5.41) is 3.35. The van der Waals surface area contributed by atoms with Gasteiger partial charge in [-0.25, -0.2) is 4.98 Å². The number of carbonyl (C=O) groups is 2. The van der Waals surface area contributed by atoms with E-state index in [2.05, 4.69) is 15.3 Å². The lowest BCUT2D eigenvalue weighted by molar-refractivity contribution is -0.144. The Bertz CT molecular complexity index is 732. The van der Waals surface area contributed by atoms with Crippen LogP contribution in [0.3, 0.4) is 0 Å². The van der Waals surface area contributed by atoms with Crippen LogP contribution in [0.15, 0.2) is 24.4 Å². The Labute approximate surface area is 143 Å². The first-order valence-electron chi connectivity index (χ1n) is 7.74. The maximum atomic E-state index is 12.1. The van der Waals surface area contributed by atoms with E-state index >= 15 is 0 Å². The molecule has 0 spiro atoms. The molecule has 0 aliphatic carbocycles. The molecule has 0 fully saturated rings. The monoisotopic (exact) mass is 346 g/mol. The largest absolute Gasteiger partial charge is 0.465 e. The molecule has 0 aromatic carbocycles. The summed E-state index contributed by atoms with van der Waals surface area (Å²) in [7, 11) is 0. The number of esters is 1. The maximum absolute atomic E-state index is 12.1. The number of hydrogen-bond donors (Lipinski definition) is 1. The van der Waals surface area contributed by atoms with E-state index in [4.69, 9.17) is 4.74 Å². The van der Waals surface area contributed by atoms with Crippen LogP contribution in [0.5, 0.6) is 0 Å². The SMILES string of the molecule is CCOC(=O)CN1CCc2nc(NC(=O)c3ccccn3)sc2C1. The van der Waals surface area contributed by atoms with Gasteiger partial charge in [-0.05, 0) is 19.1 Å². The summed E-state index contributed by atoms with van der Waals surface area (Å²) in [6.07, 6.45) is 2.33. The topological polar surface area (TPSA) is 84.4 Å². The molecule has 1 amide bonds. The summed E-state index contributed by atoms with van der Waals surface area (Å²) in [5.74, 6) is -0.487. The van der Waals surface area contributed by atoms with Crippen molar-refractivity contribution >= 4 is 28.3 Å². The summed E-state index contributed by atoms with van der Waals surface area (Å²) in [6, 6.07) is 5.18. The van der Waals surface area contributed by atoms with Crippen molar-refractivity contribution in [2.24, 2.45) is 0 Å². The Morgan fingerprint density at radius 2 is 2.29 bits per heavy atom. The predicted molar refractivity (Wildman–Crippen MR) is 89.9 cm³/mol. The molecule has 7 nitrogen and oxygen atoms in total. The molecule has 1 aliphatic heterocycles. The Morgan fingerprint density at radius 3 is 3.04 bits per heavy atom. The summed E-state index contributed by atoms with van der Waals surface area (Å²) in [6.45, 7) is 3.86. The van der Waals surface area contributed by atoms with Crippen molar-refractivity contribution in [1.29, 1.82) is 0 Å². The highest BCUT2D eigenvalue weighted by molar-refractivity contribution is 7.15. The van der Waals surface area contributed by atoms with Crippen LogP contribution in [0.25, 0.3) is 0 Å². The molecule has 3 heterocycles. The molecule has 2 aromatic rings. The smallest absolute Gasteiger partial charge is 0.320 e. The third-order valence-corrected chi connectivity index (χ3v) is 4.58. The fourth-order valence-electron chi connectivity index (χ4n) is 2.48. The van der Waals surface area contributed by atoms with Crippen LogP contribution in [0.1, 0.15) is 28.0 Å². The Hall–Kier alpha value is -2.32. The van der Waals surface area contributed by atoms with Gasteiger partial charge in [0.25, 0.3) is 5.91 Å². The van der Waals surface area contributed by atoms with E-state index in [0.717, 1.165) is 23.5 Å². The Morgan fingerprint density at radius 1 is 1.42 bits per heavy atom. The molecule has 0 saturated heterocycles. The van der Waals surface area contributed by atoms with Gasteiger partial charge in [-0.3, -0.25) is 24.8 Å². The van der Waals surface area contributed by atoms with Crippen LogP contribution in [0.2, 0.25) is 0 Å². The Kier molecular flexibility index (Phi) is 5.17. The third kappa shape index (κ3) is 3.95. The standard InChI is InChI=1S/C16H18N4O3S/c1-2-23-14(21)10-20-8-6-11-13(9-20)24-16(18-11)19-15(22)12-5-3-4-7-17-12/h3-5,7H,2,6,8-10H2,1H3,(H,18,19,22). The van der Waals surface area contributed by atoms with Crippen molar-refractivity contribution in [3.63, 3.8) is 0 Å². The highest BCUT2D eigenvalue weighted by Crippen LogP contribution is 2.28. The van der Waals surface area contributed by atoms with E-state index in [9.17, 15) is 9.59 Å². The molecular weight excluding hydrogens is 328 g/mol. The van der Waals surface area contributed by atoms with E-state index in [-0.39, 0.29) is 18.4 Å². The maximum Gasteiger partial charge on any atom is 0.320 e. The van der Waals surface area contributed by atoms with Gasteiger partial charge < -0.3 is 4.74 Å². The minimum atomic E-state index is -0.273. The molecule has 0 radical (unpaired) electrons. The number of nitrogens with zero attached hydrogens (tertiary/aromatic N) is 3. The van der Waals surface area contributed by atoms with Gasteiger partial charge in [0.05, 0.1) is 18.8 Å². The quantitative estimate of drug-likeness (QED) is 0.830. The van der Waals surface area contributed by atoms with Gasteiger partial charge in [0.2, 0.25) is 0 Å². The summed E-state index contributed by atoms with van der Waals surface area (Å²) >= 11 is 1.44. The first-order valence-corrected chi connectivity index (χ1v) is 8.56. The fourth-order valence-corrected chi connectivity index (χ4v) is 3.53. The minimum Gasteiger partial charge on any atom is -0.465 e. The number of amides is 1. The highest BCUT2D eigenvalue weighted by Gasteiger charge is 2.23. The number of fused-ring (bicyclic) bond motifs is 1. The molecule has 0 atom stereocenters. The molecule has 0 saturated carbocycles. The number of ether oxygens (including phenoxy) is 1. The summed E-state index contributed by atoms with van der Waals surface area (Å²) in [4.78, 5) is 35.3. The molecule has 2 aromatic heterocycles. The van der Waals surface area contributed by atoms with E-state index in [1.807, 2.05) is 4.90 Å². The number of nitrogens with one attached hydrogen (secondary N) is 1. The average molecular weight is 346 g/mol. The molecule has 0 unspecified atom stereocenters. The predicted octanol–water partition coefficient (Wildman–Crippen LogP) is 1.71. The van der Waals surface area contributed by atoms with E-state index in [1.165, 1.54) is 11.3 Å². The van der Waals surface area contributed by atoms with E-state index in [0.29, 0.717) is 24.0 Å². The van der Waals surface area contributed by atoms with Crippen molar-refractivity contribution in [2.45, 2.75) is 19.9 Å². The highest BCUT2D eigenvalue weighted by atomic mass is 32.1. The van der Waals surface area contributed by atoms with Gasteiger partial charge in [-0.2, -0.15) is 0 Å². The number of pyridine rings is 1. The first kappa shape index (κ1) is 16.5. The van der Waals surface area contributed by atoms with Crippen LogP contribution >= 0.6 is 11.3 Å². The van der Waals surface area contributed by atoms with E-state index in [1.54, 1.807) is 31.3 Å². The number of thiazole rings is 1. The second-order valence-electron chi connectivity index (χ2n) is 5.32.